The molecule has 7 rings (SSSR count). The average Bonchev–Trinajstić information content (AvgIpc) is 3.56. The van der Waals surface area contributed by atoms with E-state index in [-0.39, 0.29) is 30.4 Å². The van der Waals surface area contributed by atoms with E-state index in [0.29, 0.717) is 24.4 Å². The summed E-state index contributed by atoms with van der Waals surface area (Å²) in [7, 11) is 0. The Morgan fingerprint density at radius 3 is 2.64 bits per heavy atom. The summed E-state index contributed by atoms with van der Waals surface area (Å²) in [4.78, 5) is 45.8. The molecule has 3 amide bonds. The van der Waals surface area contributed by atoms with Gasteiger partial charge in [0.05, 0.1) is 11.6 Å². The Labute approximate surface area is 244 Å². The molecule has 9 heteroatoms. The van der Waals surface area contributed by atoms with Crippen molar-refractivity contribution in [3.8, 4) is 5.75 Å². The molecule has 2 N–H and O–H groups in total. The zero-order valence-corrected chi connectivity index (χ0v) is 23.6. The molecule has 42 heavy (non-hydrogen) atoms. The minimum absolute atomic E-state index is 0.0603. The monoisotopic (exact) mass is 568 g/mol. The number of rotatable bonds is 6. The SMILES string of the molecule is O=C1CCC(N2Cc3cc(O[C@H]4CCN(Cc5ccc6nc([C@H]7CC[C@@H](O)CC7)ccc6c5)C4)ccc3C2=O)C(=O)N1. The number of hydrogen-bond donors (Lipinski definition) is 2. The van der Waals surface area contributed by atoms with Crippen molar-refractivity contribution in [1.82, 2.24) is 20.1 Å². The fraction of sp³-hybridized carbons (Fsp3) is 0.455. The van der Waals surface area contributed by atoms with E-state index in [4.69, 9.17) is 9.72 Å². The number of aromatic nitrogens is 1. The van der Waals surface area contributed by atoms with Crippen LogP contribution in [0.15, 0.2) is 48.5 Å². The number of piperidine rings is 1. The zero-order valence-electron chi connectivity index (χ0n) is 23.6. The van der Waals surface area contributed by atoms with Crippen molar-refractivity contribution in [3.63, 3.8) is 0 Å². The van der Waals surface area contributed by atoms with Gasteiger partial charge < -0.3 is 14.7 Å². The minimum Gasteiger partial charge on any atom is -0.489 e. The molecule has 2 aromatic carbocycles. The van der Waals surface area contributed by atoms with Crippen molar-refractivity contribution < 1.29 is 24.2 Å². The van der Waals surface area contributed by atoms with Crippen LogP contribution in [-0.2, 0) is 22.7 Å². The molecule has 218 valence electrons. The van der Waals surface area contributed by atoms with Gasteiger partial charge in [0.15, 0.2) is 0 Å². The van der Waals surface area contributed by atoms with Crippen LogP contribution in [0.4, 0.5) is 0 Å². The first-order valence-corrected chi connectivity index (χ1v) is 15.1. The van der Waals surface area contributed by atoms with Gasteiger partial charge in [0.25, 0.3) is 5.91 Å². The highest BCUT2D eigenvalue weighted by Gasteiger charge is 2.39. The van der Waals surface area contributed by atoms with Gasteiger partial charge in [-0.2, -0.15) is 0 Å². The van der Waals surface area contributed by atoms with Gasteiger partial charge in [-0.15, -0.1) is 0 Å². The van der Waals surface area contributed by atoms with Crippen molar-refractivity contribution in [2.45, 2.75) is 82.2 Å². The lowest BCUT2D eigenvalue weighted by atomic mass is 9.85. The molecule has 3 aliphatic heterocycles. The van der Waals surface area contributed by atoms with Crippen LogP contribution in [0.1, 0.15) is 78.0 Å². The number of hydrogen-bond acceptors (Lipinski definition) is 7. The number of nitrogens with one attached hydrogen (secondary N) is 1. The first-order chi connectivity index (χ1) is 20.4. The van der Waals surface area contributed by atoms with Crippen LogP contribution in [0.2, 0.25) is 0 Å². The summed E-state index contributed by atoms with van der Waals surface area (Å²) in [6.07, 6.45) is 5.15. The van der Waals surface area contributed by atoms with Gasteiger partial charge in [-0.1, -0.05) is 12.1 Å². The number of carbonyl (C=O) groups is 3. The fourth-order valence-electron chi connectivity index (χ4n) is 7.00. The molecule has 3 fully saturated rings. The number of ether oxygens (including phenoxy) is 1. The van der Waals surface area contributed by atoms with Gasteiger partial charge in [0.2, 0.25) is 11.8 Å². The molecule has 2 saturated heterocycles. The Kier molecular flexibility index (Phi) is 7.15. The lowest BCUT2D eigenvalue weighted by Crippen LogP contribution is -2.52. The summed E-state index contributed by atoms with van der Waals surface area (Å²) in [6.45, 7) is 2.95. The number of fused-ring (bicyclic) bond motifs is 2. The predicted molar refractivity (Wildman–Crippen MR) is 156 cm³/mol. The Bertz CT molecular complexity index is 1550. The molecule has 4 heterocycles. The van der Waals surface area contributed by atoms with E-state index in [9.17, 15) is 19.5 Å². The number of aliphatic hydroxyl groups excluding tert-OH is 1. The minimum atomic E-state index is -0.616. The van der Waals surface area contributed by atoms with Crippen molar-refractivity contribution in [3.05, 3.63) is 70.9 Å². The molecule has 1 unspecified atom stereocenters. The number of aliphatic hydroxyl groups is 1. The van der Waals surface area contributed by atoms with Crippen LogP contribution < -0.4 is 10.1 Å². The van der Waals surface area contributed by atoms with Gasteiger partial charge in [-0.3, -0.25) is 29.6 Å². The molecule has 2 atom stereocenters. The number of imide groups is 1. The Morgan fingerprint density at radius 2 is 1.81 bits per heavy atom. The number of nitrogens with zero attached hydrogens (tertiary/aromatic N) is 3. The normalized spacial score (nSPS) is 26.5. The number of pyridine rings is 1. The van der Waals surface area contributed by atoms with Crippen LogP contribution in [0.5, 0.6) is 5.75 Å². The van der Waals surface area contributed by atoms with E-state index < -0.39 is 11.9 Å². The largest absolute Gasteiger partial charge is 0.489 e. The van der Waals surface area contributed by atoms with Crippen LogP contribution in [-0.4, -0.2) is 69.0 Å². The number of carbonyl (C=O) groups excluding carboxylic acids is 3. The van der Waals surface area contributed by atoms with Gasteiger partial charge in [0.1, 0.15) is 17.9 Å². The number of likely N-dealkylation sites (tertiary alicyclic amines) is 1. The van der Waals surface area contributed by atoms with Crippen molar-refractivity contribution in [2.75, 3.05) is 13.1 Å². The van der Waals surface area contributed by atoms with Crippen molar-refractivity contribution in [1.29, 1.82) is 0 Å². The van der Waals surface area contributed by atoms with Crippen molar-refractivity contribution >= 4 is 28.6 Å². The molecule has 1 aromatic heterocycles. The molecule has 4 aliphatic rings. The third-order valence-corrected chi connectivity index (χ3v) is 9.32. The molecule has 0 radical (unpaired) electrons. The maximum atomic E-state index is 13.0. The van der Waals surface area contributed by atoms with E-state index in [0.717, 1.165) is 79.6 Å². The second kappa shape index (κ2) is 11.1. The molecule has 9 nitrogen and oxygen atoms in total. The smallest absolute Gasteiger partial charge is 0.255 e. The lowest BCUT2D eigenvalue weighted by molar-refractivity contribution is -0.136. The molecule has 3 aromatic rings. The van der Waals surface area contributed by atoms with Gasteiger partial charge in [-0.05, 0) is 86.1 Å². The Hall–Kier alpha value is -3.82. The quantitative estimate of drug-likeness (QED) is 0.437. The summed E-state index contributed by atoms with van der Waals surface area (Å²) in [5, 5.41) is 13.3. The summed E-state index contributed by atoms with van der Waals surface area (Å²) in [5.74, 6) is 0.315. The Morgan fingerprint density at radius 1 is 0.952 bits per heavy atom. The van der Waals surface area contributed by atoms with Gasteiger partial charge >= 0.3 is 0 Å². The molecule has 0 spiro atoms. The first kappa shape index (κ1) is 27.0. The first-order valence-electron chi connectivity index (χ1n) is 15.1. The van der Waals surface area contributed by atoms with Crippen LogP contribution in [0, 0.1) is 0 Å². The van der Waals surface area contributed by atoms with E-state index in [1.807, 2.05) is 12.1 Å². The van der Waals surface area contributed by atoms with Gasteiger partial charge in [0, 0.05) is 55.2 Å². The Balaban J connectivity index is 0.953. The summed E-state index contributed by atoms with van der Waals surface area (Å²) < 4.78 is 6.35. The molecular formula is C33H36N4O5. The van der Waals surface area contributed by atoms with Crippen LogP contribution in [0.25, 0.3) is 10.9 Å². The van der Waals surface area contributed by atoms with Gasteiger partial charge in [-0.25, -0.2) is 0 Å². The zero-order chi connectivity index (χ0) is 28.8. The second-order valence-corrected chi connectivity index (χ2v) is 12.3. The summed E-state index contributed by atoms with van der Waals surface area (Å²) in [5.41, 5.74) is 4.86. The summed E-state index contributed by atoms with van der Waals surface area (Å²) >= 11 is 0. The highest BCUT2D eigenvalue weighted by Crippen LogP contribution is 2.34. The van der Waals surface area contributed by atoms with Crippen LogP contribution >= 0.6 is 0 Å². The topological polar surface area (TPSA) is 112 Å². The van der Waals surface area contributed by atoms with Crippen molar-refractivity contribution in [2.24, 2.45) is 0 Å². The molecule has 1 aliphatic carbocycles. The highest BCUT2D eigenvalue weighted by molar-refractivity contribution is 6.05. The highest BCUT2D eigenvalue weighted by atomic mass is 16.5. The molecule has 0 bridgehead atoms. The van der Waals surface area contributed by atoms with E-state index >= 15 is 0 Å². The number of benzene rings is 2. The summed E-state index contributed by atoms with van der Waals surface area (Å²) in [6, 6.07) is 15.8. The maximum absolute atomic E-state index is 13.0. The number of amides is 3. The predicted octanol–water partition coefficient (Wildman–Crippen LogP) is 3.67. The standard InChI is InChI=1S/C33H36N4O5/c38-24-5-2-21(3-6-24)28-10-4-22-15-20(1-9-29(22)34-28)17-36-14-13-26(19-36)42-25-7-8-27-23(16-25)18-37(33(27)41)30-11-12-31(39)35-32(30)40/h1,4,7-10,15-16,21,24,26,30,38H,2-3,5-6,11-14,17-19H2,(H,35,39,40)/t21-,24+,26-,30?/m0/s1. The van der Waals surface area contributed by atoms with E-state index in [2.05, 4.69) is 40.5 Å². The molecule has 1 saturated carbocycles. The maximum Gasteiger partial charge on any atom is 0.255 e. The third-order valence-electron chi connectivity index (χ3n) is 9.32. The third kappa shape index (κ3) is 5.39. The lowest BCUT2D eigenvalue weighted by Gasteiger charge is -2.29. The van der Waals surface area contributed by atoms with E-state index in [1.165, 1.54) is 5.56 Å². The van der Waals surface area contributed by atoms with E-state index in [1.54, 1.807) is 11.0 Å². The average molecular weight is 569 g/mol. The van der Waals surface area contributed by atoms with Crippen LogP contribution in [0.3, 0.4) is 0 Å². The molecular weight excluding hydrogens is 532 g/mol. The second-order valence-electron chi connectivity index (χ2n) is 12.3. The fourth-order valence-corrected chi connectivity index (χ4v) is 7.00.